The molecule has 0 aliphatic carbocycles. The summed E-state index contributed by atoms with van der Waals surface area (Å²) in [5.41, 5.74) is 2.67. The van der Waals surface area contributed by atoms with Gasteiger partial charge in [-0.3, -0.25) is 9.58 Å². The van der Waals surface area contributed by atoms with Crippen LogP contribution in [0.5, 0.6) is 0 Å². The van der Waals surface area contributed by atoms with Crippen LogP contribution in [0.1, 0.15) is 18.9 Å². The zero-order valence-corrected chi connectivity index (χ0v) is 14.6. The number of hydrogen-bond donors (Lipinski definition) is 2. The highest BCUT2D eigenvalue weighted by molar-refractivity contribution is 5.89. The summed E-state index contributed by atoms with van der Waals surface area (Å²) < 4.78 is 2.00. The number of rotatable bonds is 6. The van der Waals surface area contributed by atoms with E-state index in [9.17, 15) is 0 Å². The van der Waals surface area contributed by atoms with Crippen LogP contribution < -0.4 is 5.32 Å². The third-order valence-corrected chi connectivity index (χ3v) is 4.87. The molecule has 8 heteroatoms. The number of hydrogen-bond acceptors (Lipinski definition) is 6. The number of fused-ring (bicyclic) bond motifs is 1. The van der Waals surface area contributed by atoms with Gasteiger partial charge >= 0.3 is 0 Å². The lowest BCUT2D eigenvalue weighted by Gasteiger charge is -2.30. The number of nitrogens with zero attached hydrogens (tertiary/aromatic N) is 6. The van der Waals surface area contributed by atoms with Crippen LogP contribution in [0.2, 0.25) is 0 Å². The Morgan fingerprint density at radius 1 is 1.27 bits per heavy atom. The van der Waals surface area contributed by atoms with Crippen molar-refractivity contribution in [2.45, 2.75) is 18.9 Å². The van der Waals surface area contributed by atoms with Crippen molar-refractivity contribution < 1.29 is 0 Å². The van der Waals surface area contributed by atoms with E-state index >= 15 is 0 Å². The molecule has 8 nitrogen and oxygen atoms in total. The predicted octanol–water partition coefficient (Wildman–Crippen LogP) is 1.57. The molecule has 0 bridgehead atoms. The first-order valence-corrected chi connectivity index (χ1v) is 8.98. The topological polar surface area (TPSA) is 98.5 Å². The maximum atomic E-state index is 9.02. The van der Waals surface area contributed by atoms with Crippen LogP contribution in [0.4, 0.5) is 0 Å². The predicted molar refractivity (Wildman–Crippen MR) is 98.3 cm³/mol. The van der Waals surface area contributed by atoms with Crippen molar-refractivity contribution in [2.75, 3.05) is 32.7 Å². The Hall–Kier alpha value is -2.76. The van der Waals surface area contributed by atoms with Crippen molar-refractivity contribution in [2.24, 2.45) is 0 Å². The van der Waals surface area contributed by atoms with E-state index in [0.29, 0.717) is 6.42 Å². The summed E-state index contributed by atoms with van der Waals surface area (Å²) in [5.74, 6) is 0. The molecule has 26 heavy (non-hydrogen) atoms. The molecule has 0 saturated carbocycles. The second-order valence-electron chi connectivity index (χ2n) is 6.57. The highest BCUT2D eigenvalue weighted by Gasteiger charge is 2.19. The third kappa shape index (κ3) is 3.45. The van der Waals surface area contributed by atoms with Gasteiger partial charge in [0.15, 0.2) is 0 Å². The summed E-state index contributed by atoms with van der Waals surface area (Å²) in [6.45, 7) is 5.01. The molecule has 4 heterocycles. The highest BCUT2D eigenvalue weighted by atomic mass is 15.3. The van der Waals surface area contributed by atoms with Gasteiger partial charge in [-0.15, -0.1) is 0 Å². The monoisotopic (exact) mass is 350 g/mol. The summed E-state index contributed by atoms with van der Waals surface area (Å²) in [5, 5.41) is 18.0. The molecule has 3 aromatic heterocycles. The van der Waals surface area contributed by atoms with Crippen molar-refractivity contribution in [3.05, 3.63) is 31.0 Å². The summed E-state index contributed by atoms with van der Waals surface area (Å²) in [6, 6.07) is 4.43. The van der Waals surface area contributed by atoms with E-state index in [1.165, 1.54) is 0 Å². The first kappa shape index (κ1) is 16.7. The number of piperazine rings is 1. The molecule has 2 N–H and O–H groups in total. The molecule has 3 aromatic rings. The van der Waals surface area contributed by atoms with Gasteiger partial charge in [0.1, 0.15) is 12.0 Å². The van der Waals surface area contributed by atoms with Crippen molar-refractivity contribution in [3.63, 3.8) is 0 Å². The average Bonchev–Trinajstić information content (AvgIpc) is 3.35. The van der Waals surface area contributed by atoms with Crippen LogP contribution in [0.3, 0.4) is 0 Å². The smallest absolute Gasteiger partial charge is 0.141 e. The van der Waals surface area contributed by atoms with Crippen molar-refractivity contribution in [1.29, 1.82) is 5.26 Å². The zero-order chi connectivity index (χ0) is 17.8. The Morgan fingerprint density at radius 3 is 3.00 bits per heavy atom. The van der Waals surface area contributed by atoms with Gasteiger partial charge in [0.25, 0.3) is 0 Å². The maximum absolute atomic E-state index is 9.02. The molecule has 0 spiro atoms. The van der Waals surface area contributed by atoms with Crippen molar-refractivity contribution >= 4 is 11.0 Å². The van der Waals surface area contributed by atoms with E-state index in [4.69, 9.17) is 5.26 Å². The minimum absolute atomic E-state index is 0.185. The maximum Gasteiger partial charge on any atom is 0.141 e. The van der Waals surface area contributed by atoms with Crippen molar-refractivity contribution in [3.8, 4) is 17.3 Å². The largest absolute Gasteiger partial charge is 0.346 e. The fourth-order valence-corrected chi connectivity index (χ4v) is 3.49. The molecule has 4 rings (SSSR count). The van der Waals surface area contributed by atoms with Gasteiger partial charge in [-0.05, 0) is 12.5 Å². The molecule has 134 valence electrons. The zero-order valence-electron chi connectivity index (χ0n) is 14.6. The Bertz CT molecular complexity index is 899. The summed E-state index contributed by atoms with van der Waals surface area (Å²) in [7, 11) is 0. The first-order valence-electron chi connectivity index (χ1n) is 8.98. The highest BCUT2D eigenvalue weighted by Crippen LogP contribution is 2.26. The van der Waals surface area contributed by atoms with E-state index < -0.39 is 0 Å². The van der Waals surface area contributed by atoms with Gasteiger partial charge in [-0.1, -0.05) is 0 Å². The van der Waals surface area contributed by atoms with E-state index in [0.717, 1.165) is 61.4 Å². The van der Waals surface area contributed by atoms with Gasteiger partial charge < -0.3 is 10.3 Å². The molecule has 0 radical (unpaired) electrons. The normalized spacial score (nSPS) is 16.6. The van der Waals surface area contributed by atoms with Gasteiger partial charge in [0, 0.05) is 62.5 Å². The summed E-state index contributed by atoms with van der Waals surface area (Å²) in [6.07, 6.45) is 8.66. The van der Waals surface area contributed by atoms with E-state index in [1.54, 1.807) is 6.33 Å². The molecule has 1 aliphatic rings. The molecule has 1 aliphatic heterocycles. The second kappa shape index (κ2) is 7.64. The van der Waals surface area contributed by atoms with E-state index in [2.05, 4.69) is 36.3 Å². The third-order valence-electron chi connectivity index (χ3n) is 4.87. The standard InChI is InChI=1S/C18H22N8/c19-4-1-2-15(12-25-8-6-20-7-9-25)26-11-14(10-24-26)17-16-3-5-21-18(16)23-13-22-17/h3,5,10-11,13,15,20H,1-2,6-9,12H2,(H,21,22,23). The number of nitrogens with one attached hydrogen (secondary N) is 2. The Morgan fingerprint density at radius 2 is 2.15 bits per heavy atom. The number of H-pyrrole nitrogens is 1. The summed E-state index contributed by atoms with van der Waals surface area (Å²) in [4.78, 5) is 14.2. The van der Waals surface area contributed by atoms with Crippen LogP contribution in [-0.2, 0) is 0 Å². The molecule has 1 atom stereocenters. The Balaban J connectivity index is 1.58. The second-order valence-corrected chi connectivity index (χ2v) is 6.57. The lowest BCUT2D eigenvalue weighted by atomic mass is 10.1. The van der Waals surface area contributed by atoms with Crippen LogP contribution in [0.15, 0.2) is 31.0 Å². The van der Waals surface area contributed by atoms with E-state index in [1.807, 2.05) is 29.3 Å². The van der Waals surface area contributed by atoms with Gasteiger partial charge in [0.05, 0.1) is 24.0 Å². The first-order chi connectivity index (χ1) is 12.8. The molecule has 1 saturated heterocycles. The minimum atomic E-state index is 0.185. The van der Waals surface area contributed by atoms with Crippen LogP contribution in [0, 0.1) is 11.3 Å². The SMILES string of the molecule is N#CCCC(CN1CCNCC1)n1cc(-c2ncnc3[nH]ccc23)cn1. The molecule has 1 unspecified atom stereocenters. The van der Waals surface area contributed by atoms with E-state index in [-0.39, 0.29) is 6.04 Å². The molecule has 1 fully saturated rings. The number of aromatic amines is 1. The van der Waals surface area contributed by atoms with Gasteiger partial charge in [0.2, 0.25) is 0 Å². The Labute approximate surface area is 151 Å². The fourth-order valence-electron chi connectivity index (χ4n) is 3.49. The lowest BCUT2D eigenvalue weighted by molar-refractivity contribution is 0.196. The summed E-state index contributed by atoms with van der Waals surface area (Å²) >= 11 is 0. The Kier molecular flexibility index (Phi) is 4.91. The number of nitriles is 1. The quantitative estimate of drug-likeness (QED) is 0.700. The molecular weight excluding hydrogens is 328 g/mol. The molecule has 0 aromatic carbocycles. The van der Waals surface area contributed by atoms with Crippen LogP contribution in [0.25, 0.3) is 22.3 Å². The van der Waals surface area contributed by atoms with Crippen LogP contribution >= 0.6 is 0 Å². The van der Waals surface area contributed by atoms with Crippen LogP contribution in [-0.4, -0.2) is 62.4 Å². The molecular formula is C18H22N8. The van der Waals surface area contributed by atoms with Crippen molar-refractivity contribution in [1.82, 2.24) is 34.9 Å². The van der Waals surface area contributed by atoms with Gasteiger partial charge in [-0.25, -0.2) is 9.97 Å². The lowest BCUT2D eigenvalue weighted by Crippen LogP contribution is -2.45. The minimum Gasteiger partial charge on any atom is -0.346 e. The number of aromatic nitrogens is 5. The average molecular weight is 350 g/mol. The molecule has 0 amide bonds. The van der Waals surface area contributed by atoms with Gasteiger partial charge in [-0.2, -0.15) is 10.4 Å². The fraction of sp³-hybridized carbons (Fsp3) is 0.444.